The van der Waals surface area contributed by atoms with Gasteiger partial charge in [-0.1, -0.05) is 41.4 Å². The van der Waals surface area contributed by atoms with E-state index in [1.807, 2.05) is 0 Å². The van der Waals surface area contributed by atoms with E-state index < -0.39 is 11.2 Å². The number of nitrogens with one attached hydrogen (secondary N) is 1. The topological polar surface area (TPSA) is 85.7 Å². The first-order valence-corrected chi connectivity index (χ1v) is 12.1. The minimum absolute atomic E-state index is 0.173. The van der Waals surface area contributed by atoms with Crippen LogP contribution >= 0.6 is 55.1 Å². The predicted molar refractivity (Wildman–Crippen MR) is 141 cm³/mol. The summed E-state index contributed by atoms with van der Waals surface area (Å²) in [4.78, 5) is 27.7. The quantitative estimate of drug-likeness (QED) is 0.266. The van der Waals surface area contributed by atoms with E-state index in [2.05, 4.69) is 41.9 Å². The standard InChI is InChI=1S/C23H15Br2Cl2N3O4/c1-33-18-8-13(10-28-30-22(31)15-4-2-3-5-17(15)29-23(30)32)19(24)20(25)21(18)34-11-12-6-7-14(26)9-16(12)27/h2-10H,11H2,1H3,(H,29,32). The van der Waals surface area contributed by atoms with Gasteiger partial charge in [-0.15, -0.1) is 4.68 Å². The van der Waals surface area contributed by atoms with Gasteiger partial charge in [-0.2, -0.15) is 5.10 Å². The van der Waals surface area contributed by atoms with Crippen molar-refractivity contribution in [2.75, 3.05) is 7.11 Å². The highest BCUT2D eigenvalue weighted by molar-refractivity contribution is 9.13. The number of aromatic amines is 1. The van der Waals surface area contributed by atoms with Gasteiger partial charge in [0.05, 0.1) is 28.7 Å². The number of aromatic nitrogens is 2. The van der Waals surface area contributed by atoms with Crippen molar-refractivity contribution >= 4 is 72.2 Å². The van der Waals surface area contributed by atoms with Gasteiger partial charge in [-0.25, -0.2) is 4.79 Å². The lowest BCUT2D eigenvalue weighted by Crippen LogP contribution is -2.32. The fourth-order valence-corrected chi connectivity index (χ4v) is 4.55. The van der Waals surface area contributed by atoms with E-state index in [4.69, 9.17) is 32.7 Å². The average Bonchev–Trinajstić information content (AvgIpc) is 2.81. The van der Waals surface area contributed by atoms with Gasteiger partial charge in [0.25, 0.3) is 5.56 Å². The Morgan fingerprint density at radius 2 is 1.85 bits per heavy atom. The molecule has 4 rings (SSSR count). The van der Waals surface area contributed by atoms with Crippen LogP contribution in [0, 0.1) is 0 Å². The summed E-state index contributed by atoms with van der Waals surface area (Å²) >= 11 is 19.2. The fraction of sp³-hybridized carbons (Fsp3) is 0.0870. The lowest BCUT2D eigenvalue weighted by atomic mass is 10.2. The summed E-state index contributed by atoms with van der Waals surface area (Å²) in [6.45, 7) is 0.173. The van der Waals surface area contributed by atoms with Crippen molar-refractivity contribution < 1.29 is 9.47 Å². The van der Waals surface area contributed by atoms with Crippen LogP contribution in [0.3, 0.4) is 0 Å². The lowest BCUT2D eigenvalue weighted by Gasteiger charge is -2.16. The van der Waals surface area contributed by atoms with Gasteiger partial charge in [0.1, 0.15) is 6.61 Å². The number of H-pyrrole nitrogens is 1. The number of nitrogens with zero attached hydrogens (tertiary/aromatic N) is 2. The summed E-state index contributed by atoms with van der Waals surface area (Å²) in [6, 6.07) is 13.5. The molecule has 11 heteroatoms. The first-order valence-electron chi connectivity index (χ1n) is 9.71. The van der Waals surface area contributed by atoms with E-state index in [1.54, 1.807) is 48.5 Å². The van der Waals surface area contributed by atoms with Crippen molar-refractivity contribution in [3.8, 4) is 11.5 Å². The number of para-hydroxylation sites is 1. The number of hydrogen-bond donors (Lipinski definition) is 1. The monoisotopic (exact) mass is 625 g/mol. The van der Waals surface area contributed by atoms with Crippen molar-refractivity contribution in [2.24, 2.45) is 5.10 Å². The Labute approximate surface area is 220 Å². The Bertz CT molecular complexity index is 1550. The van der Waals surface area contributed by atoms with Crippen molar-refractivity contribution in [3.05, 3.63) is 99.5 Å². The normalized spacial score (nSPS) is 11.3. The maximum Gasteiger partial charge on any atom is 0.349 e. The van der Waals surface area contributed by atoms with Gasteiger partial charge in [0.15, 0.2) is 11.5 Å². The minimum Gasteiger partial charge on any atom is -0.493 e. The molecule has 0 spiro atoms. The molecule has 3 aromatic carbocycles. The van der Waals surface area contributed by atoms with Crippen LogP contribution < -0.4 is 20.7 Å². The van der Waals surface area contributed by atoms with Gasteiger partial charge in [0.2, 0.25) is 0 Å². The Morgan fingerprint density at radius 3 is 2.59 bits per heavy atom. The molecule has 0 amide bonds. The van der Waals surface area contributed by atoms with Crippen LogP contribution in [0.2, 0.25) is 10.0 Å². The third-order valence-electron chi connectivity index (χ3n) is 4.86. The molecule has 0 aliphatic carbocycles. The number of benzene rings is 3. The smallest absolute Gasteiger partial charge is 0.349 e. The van der Waals surface area contributed by atoms with Crippen molar-refractivity contribution in [2.45, 2.75) is 6.61 Å². The van der Waals surface area contributed by atoms with Gasteiger partial charge >= 0.3 is 5.69 Å². The van der Waals surface area contributed by atoms with Crippen LogP contribution in [0.15, 0.2) is 72.2 Å². The Balaban J connectivity index is 1.69. The van der Waals surface area contributed by atoms with Crippen LogP contribution in [-0.4, -0.2) is 23.0 Å². The maximum atomic E-state index is 12.7. The number of rotatable bonds is 6. The van der Waals surface area contributed by atoms with Gasteiger partial charge in [-0.3, -0.25) is 4.79 Å². The molecule has 0 saturated heterocycles. The number of methoxy groups -OCH3 is 1. The summed E-state index contributed by atoms with van der Waals surface area (Å²) in [6.07, 6.45) is 1.38. The summed E-state index contributed by atoms with van der Waals surface area (Å²) in [5.41, 5.74) is 0.549. The number of halogens is 4. The second-order valence-electron chi connectivity index (χ2n) is 6.99. The third-order valence-corrected chi connectivity index (χ3v) is 7.59. The molecule has 0 aliphatic heterocycles. The highest BCUT2D eigenvalue weighted by atomic mass is 79.9. The molecule has 1 aromatic heterocycles. The zero-order valence-corrected chi connectivity index (χ0v) is 22.1. The molecule has 0 atom stereocenters. The number of hydrogen-bond acceptors (Lipinski definition) is 5. The molecule has 1 heterocycles. The highest BCUT2D eigenvalue weighted by Crippen LogP contribution is 2.42. The molecule has 7 nitrogen and oxygen atoms in total. The fourth-order valence-electron chi connectivity index (χ4n) is 3.15. The van der Waals surface area contributed by atoms with Gasteiger partial charge in [0, 0.05) is 25.6 Å². The van der Waals surface area contributed by atoms with Crippen LogP contribution in [-0.2, 0) is 6.61 Å². The SMILES string of the molecule is COc1cc(C=Nn2c(=O)[nH]c3ccccc3c2=O)c(Br)c(Br)c1OCc1ccc(Cl)cc1Cl. The van der Waals surface area contributed by atoms with Crippen molar-refractivity contribution in [1.82, 2.24) is 9.66 Å². The molecule has 4 aromatic rings. The Hall–Kier alpha value is -2.59. The molecule has 174 valence electrons. The van der Waals surface area contributed by atoms with E-state index >= 15 is 0 Å². The van der Waals surface area contributed by atoms with Crippen molar-refractivity contribution in [3.63, 3.8) is 0 Å². The predicted octanol–water partition coefficient (Wildman–Crippen LogP) is 5.99. The number of ether oxygens (including phenoxy) is 2. The van der Waals surface area contributed by atoms with E-state index in [0.29, 0.717) is 47.0 Å². The lowest BCUT2D eigenvalue weighted by molar-refractivity contribution is 0.282. The molecule has 0 aliphatic rings. The largest absolute Gasteiger partial charge is 0.493 e. The minimum atomic E-state index is -0.651. The summed E-state index contributed by atoms with van der Waals surface area (Å²) in [5.74, 6) is 0.833. The molecule has 0 saturated carbocycles. The third kappa shape index (κ3) is 4.93. The van der Waals surface area contributed by atoms with Gasteiger partial charge in [-0.05, 0) is 62.2 Å². The van der Waals surface area contributed by atoms with Crippen molar-refractivity contribution in [1.29, 1.82) is 0 Å². The van der Waals surface area contributed by atoms with E-state index in [9.17, 15) is 9.59 Å². The first-order chi connectivity index (χ1) is 16.3. The molecule has 0 bridgehead atoms. The second kappa shape index (κ2) is 10.4. The zero-order chi connectivity index (χ0) is 24.4. The van der Waals surface area contributed by atoms with E-state index in [0.717, 1.165) is 10.2 Å². The number of fused-ring (bicyclic) bond motifs is 1. The molecule has 0 unspecified atom stereocenters. The van der Waals surface area contributed by atoms with Crippen LogP contribution in [0.4, 0.5) is 0 Å². The highest BCUT2D eigenvalue weighted by Gasteiger charge is 2.17. The molecular weight excluding hydrogens is 613 g/mol. The van der Waals surface area contributed by atoms with E-state index in [-0.39, 0.29) is 6.61 Å². The molecule has 0 radical (unpaired) electrons. The van der Waals surface area contributed by atoms with E-state index in [1.165, 1.54) is 13.3 Å². The first kappa shape index (κ1) is 24.5. The maximum absolute atomic E-state index is 12.7. The second-order valence-corrected chi connectivity index (χ2v) is 9.42. The molecule has 0 fully saturated rings. The molecular formula is C23H15Br2Cl2N3O4. The molecule has 34 heavy (non-hydrogen) atoms. The molecule has 1 N–H and O–H groups in total. The van der Waals surface area contributed by atoms with Crippen LogP contribution in [0.5, 0.6) is 11.5 Å². The zero-order valence-electron chi connectivity index (χ0n) is 17.4. The summed E-state index contributed by atoms with van der Waals surface area (Å²) in [5, 5.41) is 5.47. The Morgan fingerprint density at radius 1 is 1.09 bits per heavy atom. The average molecular weight is 628 g/mol. The van der Waals surface area contributed by atoms with Crippen LogP contribution in [0.25, 0.3) is 10.9 Å². The summed E-state index contributed by atoms with van der Waals surface area (Å²) in [7, 11) is 1.50. The van der Waals surface area contributed by atoms with Gasteiger partial charge < -0.3 is 14.5 Å². The van der Waals surface area contributed by atoms with Crippen LogP contribution in [0.1, 0.15) is 11.1 Å². The summed E-state index contributed by atoms with van der Waals surface area (Å²) < 4.78 is 13.4. The Kier molecular flexibility index (Phi) is 7.47.